The maximum Gasteiger partial charge on any atom is 0.226 e. The van der Waals surface area contributed by atoms with Crippen molar-refractivity contribution in [1.82, 2.24) is 10.2 Å². The second kappa shape index (κ2) is 6.58. The fraction of sp³-hybridized carbons (Fsp3) is 0.364. The van der Waals surface area contributed by atoms with E-state index in [2.05, 4.69) is 22.4 Å². The first kappa shape index (κ1) is 13.9. The van der Waals surface area contributed by atoms with Crippen LogP contribution in [-0.4, -0.2) is 21.8 Å². The van der Waals surface area contributed by atoms with Gasteiger partial charge in [0.2, 0.25) is 10.6 Å². The van der Waals surface area contributed by atoms with E-state index in [0.29, 0.717) is 11.5 Å². The van der Waals surface area contributed by atoms with Gasteiger partial charge in [-0.25, -0.2) is 0 Å². The molecule has 2 aromatic heterocycles. The molecular weight excluding hydrogens is 286 g/mol. The van der Waals surface area contributed by atoms with Crippen LogP contribution in [0.4, 0.5) is 5.13 Å². The molecule has 0 spiro atoms. The molecule has 0 unspecified atom stereocenters. The minimum atomic E-state index is -0.440. The molecule has 6 nitrogen and oxygen atoms in total. The minimum absolute atomic E-state index is 0.379. The molecule has 19 heavy (non-hydrogen) atoms. The van der Waals surface area contributed by atoms with Gasteiger partial charge in [0.05, 0.1) is 5.75 Å². The van der Waals surface area contributed by atoms with Gasteiger partial charge in [-0.15, -0.1) is 10.2 Å². The smallest absolute Gasteiger partial charge is 0.226 e. The molecule has 8 heteroatoms. The summed E-state index contributed by atoms with van der Waals surface area (Å²) < 4.78 is 5.90. The molecule has 2 aromatic rings. The van der Waals surface area contributed by atoms with Crippen LogP contribution in [0.15, 0.2) is 25.9 Å². The number of aromatic hydroxyl groups is 1. The summed E-state index contributed by atoms with van der Waals surface area (Å²) in [5, 5.41) is 21.0. The molecule has 2 N–H and O–H groups in total. The molecule has 0 aliphatic rings. The summed E-state index contributed by atoms with van der Waals surface area (Å²) >= 11 is 2.89. The molecule has 2 rings (SSSR count). The van der Waals surface area contributed by atoms with E-state index in [1.54, 1.807) is 0 Å². The zero-order valence-electron chi connectivity index (χ0n) is 10.3. The van der Waals surface area contributed by atoms with Crippen molar-refractivity contribution in [2.45, 2.75) is 23.4 Å². The number of rotatable bonds is 6. The Kier molecular flexibility index (Phi) is 4.80. The highest BCUT2D eigenvalue weighted by molar-refractivity contribution is 8.00. The van der Waals surface area contributed by atoms with Crippen molar-refractivity contribution < 1.29 is 9.52 Å². The molecule has 0 aromatic carbocycles. The van der Waals surface area contributed by atoms with Crippen molar-refractivity contribution in [1.29, 1.82) is 0 Å². The van der Waals surface area contributed by atoms with Crippen molar-refractivity contribution in [3.63, 3.8) is 0 Å². The van der Waals surface area contributed by atoms with Crippen molar-refractivity contribution in [3.05, 3.63) is 28.3 Å². The van der Waals surface area contributed by atoms with Crippen LogP contribution in [0.2, 0.25) is 0 Å². The summed E-state index contributed by atoms with van der Waals surface area (Å²) in [6, 6.07) is 1.28. The van der Waals surface area contributed by atoms with Crippen LogP contribution in [0.3, 0.4) is 0 Å². The summed E-state index contributed by atoms with van der Waals surface area (Å²) in [4.78, 5) is 11.2. The highest BCUT2D eigenvalue weighted by Gasteiger charge is 2.07. The van der Waals surface area contributed by atoms with E-state index in [-0.39, 0.29) is 5.75 Å². The Balaban J connectivity index is 1.92. The van der Waals surface area contributed by atoms with Gasteiger partial charge in [0.1, 0.15) is 12.0 Å². The highest BCUT2D eigenvalue weighted by atomic mass is 32.2. The number of hydrogen-bond donors (Lipinski definition) is 2. The largest absolute Gasteiger partial charge is 0.502 e. The second-order valence-electron chi connectivity index (χ2n) is 3.68. The molecule has 0 aliphatic heterocycles. The normalized spacial score (nSPS) is 10.6. The van der Waals surface area contributed by atoms with Gasteiger partial charge >= 0.3 is 0 Å². The Morgan fingerprint density at radius 2 is 2.37 bits per heavy atom. The molecule has 102 valence electrons. The lowest BCUT2D eigenvalue weighted by atomic mass is 10.4. The van der Waals surface area contributed by atoms with Crippen molar-refractivity contribution in [2.75, 3.05) is 11.9 Å². The molecule has 0 fully saturated rings. The Labute approximate surface area is 117 Å². The standard InChI is InChI=1S/C11H13N3O3S2/c1-2-3-12-10-13-14-11(19-10)18-6-7-4-8(15)9(16)5-17-7/h4-5,16H,2-3,6H2,1H3,(H,12,13). The second-order valence-corrected chi connectivity index (χ2v) is 5.88. The van der Waals surface area contributed by atoms with Crippen LogP contribution in [0.5, 0.6) is 5.75 Å². The summed E-state index contributed by atoms with van der Waals surface area (Å²) in [5.41, 5.74) is -0.440. The molecule has 0 amide bonds. The predicted molar refractivity (Wildman–Crippen MR) is 74.9 cm³/mol. The van der Waals surface area contributed by atoms with E-state index >= 15 is 0 Å². The summed E-state index contributed by atoms with van der Waals surface area (Å²) in [6.45, 7) is 2.95. The van der Waals surface area contributed by atoms with Gasteiger partial charge in [0.15, 0.2) is 10.1 Å². The Bertz CT molecular complexity index is 597. The van der Waals surface area contributed by atoms with Crippen molar-refractivity contribution in [2.24, 2.45) is 0 Å². The van der Waals surface area contributed by atoms with Crippen molar-refractivity contribution >= 4 is 28.2 Å². The van der Waals surface area contributed by atoms with Gasteiger partial charge in [0.25, 0.3) is 0 Å². The summed E-state index contributed by atoms with van der Waals surface area (Å²) in [5.74, 6) is 0.583. The quantitative estimate of drug-likeness (QED) is 0.791. The average Bonchev–Trinajstić information content (AvgIpc) is 2.86. The van der Waals surface area contributed by atoms with E-state index in [1.807, 2.05) is 0 Å². The number of nitrogens with zero attached hydrogens (tertiary/aromatic N) is 2. The maximum atomic E-state index is 11.2. The van der Waals surface area contributed by atoms with Gasteiger partial charge in [0, 0.05) is 12.6 Å². The lowest BCUT2D eigenvalue weighted by Crippen LogP contribution is -1.98. The monoisotopic (exact) mass is 299 g/mol. The van der Waals surface area contributed by atoms with E-state index in [4.69, 9.17) is 9.52 Å². The molecule has 0 atom stereocenters. The highest BCUT2D eigenvalue weighted by Crippen LogP contribution is 2.28. The predicted octanol–water partition coefficient (Wildman–Crippen LogP) is 2.31. The number of nitrogens with one attached hydrogen (secondary N) is 1. The van der Waals surface area contributed by atoms with E-state index in [1.165, 1.54) is 29.2 Å². The van der Waals surface area contributed by atoms with E-state index in [9.17, 15) is 4.79 Å². The lowest BCUT2D eigenvalue weighted by Gasteiger charge is -1.97. The first-order chi connectivity index (χ1) is 9.19. The number of anilines is 1. The molecule has 2 heterocycles. The molecule has 0 saturated carbocycles. The van der Waals surface area contributed by atoms with E-state index in [0.717, 1.165) is 28.7 Å². The molecule has 0 bridgehead atoms. The fourth-order valence-electron chi connectivity index (χ4n) is 1.22. The van der Waals surface area contributed by atoms with Gasteiger partial charge < -0.3 is 14.8 Å². The Hall–Kier alpha value is -1.54. The summed E-state index contributed by atoms with van der Waals surface area (Å²) in [6.07, 6.45) is 2.08. The third kappa shape index (κ3) is 3.97. The zero-order valence-corrected chi connectivity index (χ0v) is 11.9. The average molecular weight is 299 g/mol. The number of thioether (sulfide) groups is 1. The Morgan fingerprint density at radius 1 is 1.53 bits per heavy atom. The zero-order chi connectivity index (χ0) is 13.7. The summed E-state index contributed by atoms with van der Waals surface area (Å²) in [7, 11) is 0. The Morgan fingerprint density at radius 3 is 3.11 bits per heavy atom. The van der Waals surface area contributed by atoms with Crippen LogP contribution in [0.1, 0.15) is 19.1 Å². The lowest BCUT2D eigenvalue weighted by molar-refractivity contribution is 0.419. The SMILES string of the molecule is CCCNc1nnc(SCc2cc(=O)c(O)co2)s1. The van der Waals surface area contributed by atoms with Crippen LogP contribution >= 0.6 is 23.1 Å². The van der Waals surface area contributed by atoms with Gasteiger partial charge in [-0.1, -0.05) is 30.0 Å². The first-order valence-corrected chi connectivity index (χ1v) is 7.50. The van der Waals surface area contributed by atoms with Crippen LogP contribution in [-0.2, 0) is 5.75 Å². The maximum absolute atomic E-state index is 11.2. The third-order valence-electron chi connectivity index (χ3n) is 2.14. The molecule has 0 aliphatic carbocycles. The van der Waals surface area contributed by atoms with Gasteiger partial charge in [-0.05, 0) is 6.42 Å². The number of aromatic nitrogens is 2. The topological polar surface area (TPSA) is 88.2 Å². The van der Waals surface area contributed by atoms with Gasteiger partial charge in [-0.3, -0.25) is 4.79 Å². The third-order valence-corrected chi connectivity index (χ3v) is 4.17. The first-order valence-electron chi connectivity index (χ1n) is 5.70. The van der Waals surface area contributed by atoms with Gasteiger partial charge in [-0.2, -0.15) is 0 Å². The van der Waals surface area contributed by atoms with Crippen LogP contribution in [0, 0.1) is 0 Å². The van der Waals surface area contributed by atoms with Crippen LogP contribution < -0.4 is 10.7 Å². The molecular formula is C11H13N3O3S2. The molecule has 0 saturated heterocycles. The molecule has 0 radical (unpaired) electrons. The van der Waals surface area contributed by atoms with Crippen LogP contribution in [0.25, 0.3) is 0 Å². The fourth-order valence-corrected chi connectivity index (χ4v) is 2.89. The van der Waals surface area contributed by atoms with Crippen molar-refractivity contribution in [3.8, 4) is 5.75 Å². The minimum Gasteiger partial charge on any atom is -0.502 e. The number of hydrogen-bond acceptors (Lipinski definition) is 8. The van der Waals surface area contributed by atoms with E-state index < -0.39 is 5.43 Å².